The molecule has 0 radical (unpaired) electrons. The summed E-state index contributed by atoms with van der Waals surface area (Å²) in [6, 6.07) is 0.218. The summed E-state index contributed by atoms with van der Waals surface area (Å²) in [4.78, 5) is 14.9. The van der Waals surface area contributed by atoms with E-state index in [4.69, 9.17) is 13.9 Å². The van der Waals surface area contributed by atoms with Crippen LogP contribution in [0.25, 0.3) is 0 Å². The number of β-lactam (4-membered cyclic amide) rings is 1. The number of hydrogen-bond donors (Lipinski definition) is 0. The molecule has 0 aromatic carbocycles. The van der Waals surface area contributed by atoms with Gasteiger partial charge in [-0.05, 0) is 53.3 Å². The average Bonchev–Trinajstić information content (AvgIpc) is 2.41. The Morgan fingerprint density at radius 2 is 1.96 bits per heavy atom. The van der Waals surface area contributed by atoms with E-state index in [-0.39, 0.29) is 36.2 Å². The van der Waals surface area contributed by atoms with Gasteiger partial charge in [0.25, 0.3) is 0 Å². The molecule has 0 aromatic rings. The smallest absolute Gasteiger partial charge is 0.232 e. The van der Waals surface area contributed by atoms with Crippen molar-refractivity contribution in [3.05, 3.63) is 0 Å². The molecule has 0 bridgehead atoms. The molecule has 3 rings (SSSR count). The van der Waals surface area contributed by atoms with E-state index in [1.807, 2.05) is 18.7 Å². The number of amides is 1. The second kappa shape index (κ2) is 6.08. The molecule has 5 nitrogen and oxygen atoms in total. The van der Waals surface area contributed by atoms with Crippen LogP contribution in [0.1, 0.15) is 40.0 Å². The second-order valence-corrected chi connectivity index (χ2v) is 13.5. The lowest BCUT2D eigenvalue weighted by atomic mass is 9.66. The fraction of sp³-hybridized carbons (Fsp3) is 0.944. The van der Waals surface area contributed by atoms with Crippen LogP contribution in [0.3, 0.4) is 0 Å². The minimum atomic E-state index is -1.68. The fourth-order valence-electron chi connectivity index (χ4n) is 5.05. The van der Waals surface area contributed by atoms with Gasteiger partial charge in [0.2, 0.25) is 5.91 Å². The first-order valence-corrected chi connectivity index (χ1v) is 12.7. The van der Waals surface area contributed by atoms with Gasteiger partial charge in [-0.25, -0.2) is 0 Å². The molecule has 0 aromatic heterocycles. The van der Waals surface area contributed by atoms with Gasteiger partial charge in [0.1, 0.15) is 5.72 Å². The van der Waals surface area contributed by atoms with Gasteiger partial charge in [0.05, 0.1) is 30.3 Å². The zero-order valence-electron chi connectivity index (χ0n) is 16.2. The van der Waals surface area contributed by atoms with Gasteiger partial charge in [-0.15, -0.1) is 0 Å². The van der Waals surface area contributed by atoms with Crippen molar-refractivity contribution in [2.24, 2.45) is 11.8 Å². The zero-order valence-corrected chi connectivity index (χ0v) is 17.2. The molecule has 138 valence electrons. The first-order chi connectivity index (χ1) is 11.1. The number of hydrogen-bond acceptors (Lipinski definition) is 4. The number of rotatable bonds is 4. The van der Waals surface area contributed by atoms with Gasteiger partial charge in [-0.2, -0.15) is 0 Å². The molecule has 0 spiro atoms. The van der Waals surface area contributed by atoms with Crippen molar-refractivity contribution in [3.63, 3.8) is 0 Å². The lowest BCUT2D eigenvalue weighted by Gasteiger charge is -2.65. The molecule has 6 heteroatoms. The van der Waals surface area contributed by atoms with E-state index in [9.17, 15) is 4.79 Å². The quantitative estimate of drug-likeness (QED) is 0.574. The molecule has 2 saturated heterocycles. The van der Waals surface area contributed by atoms with Gasteiger partial charge in [0.15, 0.2) is 8.32 Å². The summed E-state index contributed by atoms with van der Waals surface area (Å²) in [5.74, 6) is 0.504. The Bertz CT molecular complexity index is 504. The summed E-state index contributed by atoms with van der Waals surface area (Å²) in [7, 11) is 0.0960. The van der Waals surface area contributed by atoms with Crippen LogP contribution in [-0.2, 0) is 18.7 Å². The van der Waals surface area contributed by atoms with Crippen molar-refractivity contribution in [2.75, 3.05) is 7.11 Å². The zero-order chi connectivity index (χ0) is 17.9. The summed E-state index contributed by atoms with van der Waals surface area (Å²) >= 11 is 0. The van der Waals surface area contributed by atoms with Crippen LogP contribution in [0.4, 0.5) is 0 Å². The predicted molar refractivity (Wildman–Crippen MR) is 95.1 cm³/mol. The van der Waals surface area contributed by atoms with Crippen LogP contribution in [0, 0.1) is 11.8 Å². The number of nitrogens with zero attached hydrogens (tertiary/aromatic N) is 1. The van der Waals surface area contributed by atoms with E-state index in [1.54, 1.807) is 7.11 Å². The van der Waals surface area contributed by atoms with E-state index < -0.39 is 14.0 Å². The highest BCUT2D eigenvalue weighted by atomic mass is 28.4. The van der Waals surface area contributed by atoms with E-state index in [2.05, 4.69) is 26.6 Å². The Labute approximate surface area is 147 Å². The van der Waals surface area contributed by atoms with E-state index >= 15 is 0 Å². The Morgan fingerprint density at radius 1 is 1.29 bits per heavy atom. The van der Waals surface area contributed by atoms with Gasteiger partial charge in [-0.1, -0.05) is 6.42 Å². The number of carbonyl (C=O) groups excluding carboxylic acids is 1. The summed E-state index contributed by atoms with van der Waals surface area (Å²) in [6.07, 6.45) is 3.47. The van der Waals surface area contributed by atoms with Crippen molar-refractivity contribution >= 4 is 14.2 Å². The third-order valence-electron chi connectivity index (χ3n) is 5.79. The number of fused-ring (bicyclic) bond motifs is 3. The number of carbonyl (C=O) groups is 1. The highest BCUT2D eigenvalue weighted by Crippen LogP contribution is 2.51. The molecular formula is C18H33NO4Si. The number of methoxy groups -OCH3 is 1. The van der Waals surface area contributed by atoms with Crippen molar-refractivity contribution < 1.29 is 18.7 Å². The SMILES string of the molecule is CO[C@@H]1CCC[C@@H]2C1OC(C)(C)N1C(=O)[C@H]([C@@H](C)O[Si](C)(C)C)[C@@H]21. The largest absolute Gasteiger partial charge is 0.414 e. The van der Waals surface area contributed by atoms with Crippen molar-refractivity contribution in [2.45, 2.75) is 89.8 Å². The molecule has 1 aliphatic carbocycles. The Kier molecular flexibility index (Phi) is 4.65. The van der Waals surface area contributed by atoms with Crippen LogP contribution >= 0.6 is 0 Å². The Hall–Kier alpha value is -0.433. The maximum absolute atomic E-state index is 12.9. The first-order valence-electron chi connectivity index (χ1n) is 9.28. The van der Waals surface area contributed by atoms with E-state index in [0.717, 1.165) is 19.3 Å². The molecular weight excluding hydrogens is 322 g/mol. The van der Waals surface area contributed by atoms with Crippen LogP contribution in [0.5, 0.6) is 0 Å². The molecule has 24 heavy (non-hydrogen) atoms. The Balaban J connectivity index is 1.86. The number of ether oxygens (including phenoxy) is 2. The Morgan fingerprint density at radius 3 is 2.54 bits per heavy atom. The normalized spacial score (nSPS) is 39.7. The maximum Gasteiger partial charge on any atom is 0.232 e. The topological polar surface area (TPSA) is 48.0 Å². The third-order valence-corrected chi connectivity index (χ3v) is 6.87. The van der Waals surface area contributed by atoms with Crippen LogP contribution in [0.15, 0.2) is 0 Å². The average molecular weight is 356 g/mol. The van der Waals surface area contributed by atoms with Gasteiger partial charge in [-0.3, -0.25) is 4.79 Å². The van der Waals surface area contributed by atoms with Crippen molar-refractivity contribution in [1.29, 1.82) is 0 Å². The molecule has 3 aliphatic rings. The van der Waals surface area contributed by atoms with Gasteiger partial charge < -0.3 is 18.8 Å². The maximum atomic E-state index is 12.9. The van der Waals surface area contributed by atoms with Crippen molar-refractivity contribution in [1.82, 2.24) is 4.90 Å². The standard InChI is InChI=1S/C18H33NO4Si/c1-11(23-24(5,6)7)14-15-12-9-8-10-13(21-4)16(12)22-18(2,3)19(15)17(14)20/h11-16H,8-10H2,1-7H3/t11-,12+,13-,14-,15-,16?/m1/s1. The molecule has 0 N–H and O–H groups in total. The summed E-state index contributed by atoms with van der Waals surface area (Å²) in [6.45, 7) is 12.6. The minimum absolute atomic E-state index is 0.0251. The molecule has 1 unspecified atom stereocenters. The minimum Gasteiger partial charge on any atom is -0.414 e. The fourth-order valence-corrected chi connectivity index (χ4v) is 6.31. The highest BCUT2D eigenvalue weighted by molar-refractivity contribution is 6.69. The van der Waals surface area contributed by atoms with Crippen LogP contribution in [0.2, 0.25) is 19.6 Å². The van der Waals surface area contributed by atoms with Gasteiger partial charge >= 0.3 is 0 Å². The molecule has 1 saturated carbocycles. The highest BCUT2D eigenvalue weighted by Gasteiger charge is 2.64. The van der Waals surface area contributed by atoms with Gasteiger partial charge in [0, 0.05) is 13.0 Å². The molecule has 2 heterocycles. The molecule has 1 amide bonds. The van der Waals surface area contributed by atoms with Crippen LogP contribution < -0.4 is 0 Å². The lowest BCUT2D eigenvalue weighted by molar-refractivity contribution is -0.302. The molecule has 2 aliphatic heterocycles. The van der Waals surface area contributed by atoms with E-state index in [1.165, 1.54) is 0 Å². The van der Waals surface area contributed by atoms with E-state index in [0.29, 0.717) is 5.92 Å². The first kappa shape index (κ1) is 18.4. The predicted octanol–water partition coefficient (Wildman–Crippen LogP) is 3.00. The monoisotopic (exact) mass is 355 g/mol. The lowest BCUT2D eigenvalue weighted by Crippen LogP contribution is -2.79. The summed E-state index contributed by atoms with van der Waals surface area (Å²) in [5.41, 5.74) is -0.563. The third kappa shape index (κ3) is 2.95. The van der Waals surface area contributed by atoms with Crippen molar-refractivity contribution in [3.8, 4) is 0 Å². The summed E-state index contributed by atoms with van der Waals surface area (Å²) < 4.78 is 18.4. The van der Waals surface area contributed by atoms with Crippen LogP contribution in [-0.4, -0.2) is 56.3 Å². The second-order valence-electron chi connectivity index (χ2n) is 9.06. The summed E-state index contributed by atoms with van der Waals surface area (Å²) in [5, 5.41) is 0. The molecule has 3 fully saturated rings. The molecule has 6 atom stereocenters.